The fourth-order valence-corrected chi connectivity index (χ4v) is 1.00. The van der Waals surface area contributed by atoms with Crippen LogP contribution in [0.4, 0.5) is 0 Å². The highest BCUT2D eigenvalue weighted by molar-refractivity contribution is 5.92. The van der Waals surface area contributed by atoms with E-state index in [9.17, 15) is 0 Å². The Kier molecular flexibility index (Phi) is 6.64. The summed E-state index contributed by atoms with van der Waals surface area (Å²) in [4.78, 5) is 4.22. The second-order valence-corrected chi connectivity index (χ2v) is 2.77. The van der Waals surface area contributed by atoms with Crippen LogP contribution in [0.3, 0.4) is 0 Å². The van der Waals surface area contributed by atoms with E-state index in [0.717, 1.165) is 11.3 Å². The quantitative estimate of drug-likeness (QED) is 0.415. The molecule has 0 fully saturated rings. The van der Waals surface area contributed by atoms with Crippen molar-refractivity contribution in [2.45, 2.75) is 13.8 Å². The molecule has 0 atom stereocenters. The number of aliphatic imine (C=N–C) groups is 1. The second kappa shape index (κ2) is 7.56. The third kappa shape index (κ3) is 4.81. The molecule has 0 unspecified atom stereocenters. The van der Waals surface area contributed by atoms with Crippen molar-refractivity contribution in [3.63, 3.8) is 0 Å². The van der Waals surface area contributed by atoms with Gasteiger partial charge in [-0.3, -0.25) is 0 Å². The van der Waals surface area contributed by atoms with Crippen LogP contribution in [-0.2, 0) is 0 Å². The van der Waals surface area contributed by atoms with Crippen molar-refractivity contribution in [2.24, 2.45) is 10.7 Å². The highest BCUT2D eigenvalue weighted by Gasteiger charge is 1.98. The number of hydrogen-bond acceptors (Lipinski definition) is 1. The number of allylic oxidation sites excluding steroid dienone is 5. The van der Waals surface area contributed by atoms with Crippen molar-refractivity contribution in [1.82, 2.24) is 0 Å². The average Bonchev–Trinajstić information content (AvgIpc) is 2.25. The summed E-state index contributed by atoms with van der Waals surface area (Å²) in [5, 5.41) is 0. The minimum Gasteiger partial charge on any atom is -0.384 e. The van der Waals surface area contributed by atoms with Crippen LogP contribution in [0.1, 0.15) is 13.8 Å². The van der Waals surface area contributed by atoms with Gasteiger partial charge in [-0.25, -0.2) is 4.99 Å². The van der Waals surface area contributed by atoms with Crippen molar-refractivity contribution in [3.8, 4) is 0 Å². The van der Waals surface area contributed by atoms with Crippen molar-refractivity contribution >= 4 is 5.84 Å². The maximum Gasteiger partial charge on any atom is 0.123 e. The van der Waals surface area contributed by atoms with E-state index < -0.39 is 0 Å². The van der Waals surface area contributed by atoms with Crippen molar-refractivity contribution in [2.75, 3.05) is 0 Å². The molecular formula is C13H18N2. The summed E-state index contributed by atoms with van der Waals surface area (Å²) in [5.74, 6) is 0.395. The lowest BCUT2D eigenvalue weighted by Gasteiger charge is -2.02. The van der Waals surface area contributed by atoms with Crippen LogP contribution in [0.25, 0.3) is 0 Å². The topological polar surface area (TPSA) is 38.4 Å². The molecule has 0 aliphatic rings. The Bertz CT molecular complexity index is 342. The van der Waals surface area contributed by atoms with E-state index in [1.807, 2.05) is 38.2 Å². The van der Waals surface area contributed by atoms with E-state index in [0.29, 0.717) is 5.84 Å². The maximum atomic E-state index is 5.60. The molecular weight excluding hydrogens is 184 g/mol. The Hall–Kier alpha value is -1.83. The van der Waals surface area contributed by atoms with Gasteiger partial charge in [0.1, 0.15) is 5.84 Å². The highest BCUT2D eigenvalue weighted by atomic mass is 14.9. The fraction of sp³-hybridized carbons (Fsp3) is 0.154. The van der Waals surface area contributed by atoms with E-state index in [2.05, 4.69) is 18.2 Å². The molecule has 0 aromatic rings. The summed E-state index contributed by atoms with van der Waals surface area (Å²) < 4.78 is 0. The predicted molar refractivity (Wildman–Crippen MR) is 68.7 cm³/mol. The van der Waals surface area contributed by atoms with Crippen LogP contribution >= 0.6 is 0 Å². The van der Waals surface area contributed by atoms with E-state index >= 15 is 0 Å². The van der Waals surface area contributed by atoms with E-state index in [-0.39, 0.29) is 0 Å². The van der Waals surface area contributed by atoms with Crippen molar-refractivity contribution in [1.29, 1.82) is 0 Å². The molecule has 0 saturated heterocycles. The molecule has 0 rings (SSSR count). The Morgan fingerprint density at radius 1 is 1.27 bits per heavy atom. The normalized spacial score (nSPS) is 14.4. The lowest BCUT2D eigenvalue weighted by atomic mass is 10.1. The van der Waals surface area contributed by atoms with Gasteiger partial charge in [0.2, 0.25) is 0 Å². The Labute approximate surface area is 91.9 Å². The van der Waals surface area contributed by atoms with Gasteiger partial charge in [0.25, 0.3) is 0 Å². The summed E-state index contributed by atoms with van der Waals surface area (Å²) in [7, 11) is 0. The standard InChI is InChI=1S/C13H18N2/c1-5-9-11(7-3)12(10-6-2)15-13(14)8-4/h5-10H,2,4H2,1,3H3,(H2,14,15)/b9-5-,11-7+,12-10-. The van der Waals surface area contributed by atoms with Gasteiger partial charge >= 0.3 is 0 Å². The molecule has 2 nitrogen and oxygen atoms in total. The molecule has 0 radical (unpaired) electrons. The summed E-state index contributed by atoms with van der Waals surface area (Å²) >= 11 is 0. The minimum atomic E-state index is 0.395. The second-order valence-electron chi connectivity index (χ2n) is 2.77. The van der Waals surface area contributed by atoms with E-state index in [4.69, 9.17) is 5.73 Å². The Balaban J connectivity index is 5.23. The molecule has 0 spiro atoms. The average molecular weight is 202 g/mol. The summed E-state index contributed by atoms with van der Waals surface area (Å²) in [6, 6.07) is 0. The molecule has 2 heteroatoms. The molecule has 2 N–H and O–H groups in total. The van der Waals surface area contributed by atoms with Gasteiger partial charge in [-0.2, -0.15) is 0 Å². The van der Waals surface area contributed by atoms with Crippen molar-refractivity contribution in [3.05, 3.63) is 60.9 Å². The molecule has 0 aromatic heterocycles. The van der Waals surface area contributed by atoms with Crippen molar-refractivity contribution < 1.29 is 0 Å². The molecule has 0 aliphatic carbocycles. The van der Waals surface area contributed by atoms with Crippen LogP contribution in [0.15, 0.2) is 65.9 Å². The highest BCUT2D eigenvalue weighted by Crippen LogP contribution is 2.13. The Morgan fingerprint density at radius 2 is 1.93 bits per heavy atom. The van der Waals surface area contributed by atoms with Gasteiger partial charge in [0.15, 0.2) is 0 Å². The third-order valence-electron chi connectivity index (χ3n) is 1.69. The number of amidine groups is 1. The number of hydrogen-bond donors (Lipinski definition) is 1. The lowest BCUT2D eigenvalue weighted by Crippen LogP contribution is -2.07. The van der Waals surface area contributed by atoms with Crippen LogP contribution < -0.4 is 5.73 Å². The Morgan fingerprint density at radius 3 is 2.33 bits per heavy atom. The van der Waals surface area contributed by atoms with Gasteiger partial charge in [0.05, 0.1) is 5.70 Å². The molecule has 80 valence electrons. The number of rotatable bonds is 5. The van der Waals surface area contributed by atoms with Gasteiger partial charge in [-0.1, -0.05) is 37.5 Å². The van der Waals surface area contributed by atoms with Crippen LogP contribution in [-0.4, -0.2) is 5.84 Å². The zero-order chi connectivity index (χ0) is 11.7. The summed E-state index contributed by atoms with van der Waals surface area (Å²) in [6.45, 7) is 11.1. The first kappa shape index (κ1) is 13.2. The molecule has 15 heavy (non-hydrogen) atoms. The van der Waals surface area contributed by atoms with E-state index in [1.165, 1.54) is 6.08 Å². The summed E-state index contributed by atoms with van der Waals surface area (Å²) in [5.41, 5.74) is 7.38. The molecule has 0 bridgehead atoms. The van der Waals surface area contributed by atoms with Gasteiger partial charge in [-0.05, 0) is 31.6 Å². The number of nitrogens with two attached hydrogens (primary N) is 1. The first-order valence-electron chi connectivity index (χ1n) is 4.78. The fourth-order valence-electron chi connectivity index (χ4n) is 1.00. The monoisotopic (exact) mass is 202 g/mol. The molecule has 0 amide bonds. The molecule has 0 heterocycles. The van der Waals surface area contributed by atoms with Gasteiger partial charge < -0.3 is 5.73 Å². The SMILES string of the molecule is C=C/C=C(\N=C(\N)C=C)C(/C=C\C)=C/C. The maximum absolute atomic E-state index is 5.60. The first-order valence-corrected chi connectivity index (χ1v) is 4.78. The number of nitrogens with zero attached hydrogens (tertiary/aromatic N) is 1. The van der Waals surface area contributed by atoms with Gasteiger partial charge in [0, 0.05) is 0 Å². The molecule has 0 aromatic carbocycles. The molecule has 0 saturated carbocycles. The zero-order valence-electron chi connectivity index (χ0n) is 9.40. The zero-order valence-corrected chi connectivity index (χ0v) is 9.40. The third-order valence-corrected chi connectivity index (χ3v) is 1.69. The predicted octanol–water partition coefficient (Wildman–Crippen LogP) is 3.12. The van der Waals surface area contributed by atoms with E-state index in [1.54, 1.807) is 6.08 Å². The van der Waals surface area contributed by atoms with Crippen LogP contribution in [0.5, 0.6) is 0 Å². The molecule has 0 aliphatic heterocycles. The van der Waals surface area contributed by atoms with Gasteiger partial charge in [-0.15, -0.1) is 0 Å². The van der Waals surface area contributed by atoms with Crippen LogP contribution in [0, 0.1) is 0 Å². The smallest absolute Gasteiger partial charge is 0.123 e. The van der Waals surface area contributed by atoms with Crippen LogP contribution in [0.2, 0.25) is 0 Å². The lowest BCUT2D eigenvalue weighted by molar-refractivity contribution is 1.31. The minimum absolute atomic E-state index is 0.395. The summed E-state index contributed by atoms with van der Waals surface area (Å²) in [6.07, 6.45) is 10.9. The first-order chi connectivity index (χ1) is 7.19. The largest absolute Gasteiger partial charge is 0.384 e.